The largest absolute Gasteiger partial charge is 0.444 e. The minimum absolute atomic E-state index is 0.227. The highest BCUT2D eigenvalue weighted by Gasteiger charge is 2.28. The summed E-state index contributed by atoms with van der Waals surface area (Å²) in [5, 5.41) is 2.76. The number of nitrogens with two attached hydrogens (primary N) is 1. The summed E-state index contributed by atoms with van der Waals surface area (Å²) in [6.07, 6.45) is 5.18. The number of hydrogen-bond acceptors (Lipinski definition) is 3. The molecule has 1 aliphatic carbocycles. The molecular weight excluding hydrogens is 204 g/mol. The highest BCUT2D eigenvalue weighted by atomic mass is 16.6. The zero-order valence-corrected chi connectivity index (χ0v) is 10.6. The smallest absolute Gasteiger partial charge is 0.407 e. The first-order valence-electron chi connectivity index (χ1n) is 6.07. The average molecular weight is 228 g/mol. The van der Waals surface area contributed by atoms with Gasteiger partial charge in [-0.25, -0.2) is 4.79 Å². The molecule has 0 bridgehead atoms. The van der Waals surface area contributed by atoms with Crippen LogP contribution in [0.15, 0.2) is 0 Å². The first kappa shape index (κ1) is 13.3. The van der Waals surface area contributed by atoms with Gasteiger partial charge in [-0.2, -0.15) is 0 Å². The van der Waals surface area contributed by atoms with Crippen LogP contribution < -0.4 is 11.1 Å². The van der Waals surface area contributed by atoms with E-state index >= 15 is 0 Å². The van der Waals surface area contributed by atoms with E-state index in [1.165, 1.54) is 6.42 Å². The normalized spacial score (nSPS) is 20.2. The SMILES string of the molecule is CC(C)(C)OC(=O)NCC1(N)CCCCC1. The molecule has 1 amide bonds. The number of rotatable bonds is 2. The summed E-state index contributed by atoms with van der Waals surface area (Å²) < 4.78 is 5.17. The molecule has 94 valence electrons. The predicted octanol–water partition coefficient (Wildman–Crippen LogP) is 2.17. The molecule has 0 saturated heterocycles. The van der Waals surface area contributed by atoms with Gasteiger partial charge in [0.15, 0.2) is 0 Å². The molecule has 0 atom stereocenters. The van der Waals surface area contributed by atoms with E-state index in [2.05, 4.69) is 5.32 Å². The molecule has 16 heavy (non-hydrogen) atoms. The Morgan fingerprint density at radius 3 is 2.38 bits per heavy atom. The van der Waals surface area contributed by atoms with Gasteiger partial charge < -0.3 is 15.8 Å². The summed E-state index contributed by atoms with van der Waals surface area (Å²) in [6.45, 7) is 6.07. The standard InChI is InChI=1S/C12H24N2O2/c1-11(2,3)16-10(15)14-9-12(13)7-5-4-6-8-12/h4-9,13H2,1-3H3,(H,14,15). The van der Waals surface area contributed by atoms with E-state index < -0.39 is 5.60 Å². The van der Waals surface area contributed by atoms with Crippen molar-refractivity contribution in [3.8, 4) is 0 Å². The second-order valence-electron chi connectivity index (χ2n) is 5.78. The van der Waals surface area contributed by atoms with Crippen molar-refractivity contribution >= 4 is 6.09 Å². The summed E-state index contributed by atoms with van der Waals surface area (Å²) >= 11 is 0. The molecule has 3 N–H and O–H groups in total. The van der Waals surface area contributed by atoms with Crippen LogP contribution in [0.3, 0.4) is 0 Å². The van der Waals surface area contributed by atoms with E-state index in [0.717, 1.165) is 25.7 Å². The Kier molecular flexibility index (Phi) is 4.19. The van der Waals surface area contributed by atoms with Crippen LogP contribution in [-0.2, 0) is 4.74 Å². The van der Waals surface area contributed by atoms with Gasteiger partial charge in [-0.15, -0.1) is 0 Å². The lowest BCUT2D eigenvalue weighted by molar-refractivity contribution is 0.0509. The first-order chi connectivity index (χ1) is 7.31. The molecule has 0 unspecified atom stereocenters. The van der Waals surface area contributed by atoms with Gasteiger partial charge in [0.2, 0.25) is 0 Å². The average Bonchev–Trinajstić information content (AvgIpc) is 2.14. The lowest BCUT2D eigenvalue weighted by Gasteiger charge is -2.33. The fourth-order valence-corrected chi connectivity index (χ4v) is 2.00. The van der Waals surface area contributed by atoms with E-state index in [1.54, 1.807) is 0 Å². The molecule has 1 aliphatic rings. The molecule has 1 saturated carbocycles. The number of ether oxygens (including phenoxy) is 1. The Morgan fingerprint density at radius 1 is 1.31 bits per heavy atom. The van der Waals surface area contributed by atoms with Crippen LogP contribution in [0.5, 0.6) is 0 Å². The number of alkyl carbamates (subject to hydrolysis) is 1. The molecule has 0 aromatic carbocycles. The Hall–Kier alpha value is -0.770. The van der Waals surface area contributed by atoms with Gasteiger partial charge in [0.1, 0.15) is 5.60 Å². The van der Waals surface area contributed by atoms with Crippen LogP contribution in [0, 0.1) is 0 Å². The van der Waals surface area contributed by atoms with Crippen molar-refractivity contribution in [1.29, 1.82) is 0 Å². The number of amides is 1. The molecule has 0 radical (unpaired) electrons. The first-order valence-corrected chi connectivity index (χ1v) is 6.07. The number of nitrogens with one attached hydrogen (secondary N) is 1. The molecule has 0 heterocycles. The van der Waals surface area contributed by atoms with E-state index in [1.807, 2.05) is 20.8 Å². The fraction of sp³-hybridized carbons (Fsp3) is 0.917. The Bertz CT molecular complexity index is 240. The van der Waals surface area contributed by atoms with Crippen molar-refractivity contribution in [3.63, 3.8) is 0 Å². The third kappa shape index (κ3) is 4.84. The molecule has 0 spiro atoms. The van der Waals surface area contributed by atoms with E-state index in [4.69, 9.17) is 10.5 Å². The maximum absolute atomic E-state index is 11.5. The van der Waals surface area contributed by atoms with Crippen LogP contribution in [0.25, 0.3) is 0 Å². The molecular formula is C12H24N2O2. The summed E-state index contributed by atoms with van der Waals surface area (Å²) in [6, 6.07) is 0. The highest BCUT2D eigenvalue weighted by Crippen LogP contribution is 2.25. The van der Waals surface area contributed by atoms with Crippen LogP contribution in [0.1, 0.15) is 52.9 Å². The lowest BCUT2D eigenvalue weighted by Crippen LogP contribution is -2.51. The topological polar surface area (TPSA) is 64.3 Å². The van der Waals surface area contributed by atoms with E-state index in [-0.39, 0.29) is 11.6 Å². The van der Waals surface area contributed by atoms with Gasteiger partial charge in [-0.1, -0.05) is 19.3 Å². The predicted molar refractivity (Wildman–Crippen MR) is 64.2 cm³/mol. The summed E-state index contributed by atoms with van der Waals surface area (Å²) in [5.41, 5.74) is 5.53. The van der Waals surface area contributed by atoms with Crippen LogP contribution in [0.2, 0.25) is 0 Å². The van der Waals surface area contributed by atoms with Crippen LogP contribution in [-0.4, -0.2) is 23.8 Å². The molecule has 0 aromatic rings. The minimum Gasteiger partial charge on any atom is -0.444 e. The molecule has 0 aromatic heterocycles. The summed E-state index contributed by atoms with van der Waals surface area (Å²) in [5.74, 6) is 0. The van der Waals surface area contributed by atoms with Gasteiger partial charge in [0, 0.05) is 12.1 Å². The Morgan fingerprint density at radius 2 is 1.88 bits per heavy atom. The second kappa shape index (κ2) is 5.04. The Balaban J connectivity index is 2.30. The number of hydrogen-bond donors (Lipinski definition) is 2. The molecule has 4 heteroatoms. The van der Waals surface area contributed by atoms with E-state index in [9.17, 15) is 4.79 Å². The Labute approximate surface area is 97.9 Å². The molecule has 1 rings (SSSR count). The van der Waals surface area contributed by atoms with Gasteiger partial charge in [0.25, 0.3) is 0 Å². The molecule has 4 nitrogen and oxygen atoms in total. The third-order valence-electron chi connectivity index (χ3n) is 2.83. The van der Waals surface area contributed by atoms with Crippen LogP contribution >= 0.6 is 0 Å². The molecule has 0 aliphatic heterocycles. The quantitative estimate of drug-likeness (QED) is 0.761. The van der Waals surface area contributed by atoms with Gasteiger partial charge in [-0.3, -0.25) is 0 Å². The minimum atomic E-state index is -0.446. The number of carbonyl (C=O) groups is 1. The van der Waals surface area contributed by atoms with Crippen molar-refractivity contribution in [1.82, 2.24) is 5.32 Å². The van der Waals surface area contributed by atoms with Crippen molar-refractivity contribution in [2.75, 3.05) is 6.54 Å². The highest BCUT2D eigenvalue weighted by molar-refractivity contribution is 5.67. The molecule has 1 fully saturated rings. The van der Waals surface area contributed by atoms with Crippen molar-refractivity contribution in [2.24, 2.45) is 5.73 Å². The summed E-state index contributed by atoms with van der Waals surface area (Å²) in [7, 11) is 0. The second-order valence-corrected chi connectivity index (χ2v) is 5.78. The van der Waals surface area contributed by atoms with Gasteiger partial charge in [0.05, 0.1) is 0 Å². The van der Waals surface area contributed by atoms with Crippen molar-refractivity contribution in [3.05, 3.63) is 0 Å². The fourth-order valence-electron chi connectivity index (χ4n) is 2.00. The van der Waals surface area contributed by atoms with Gasteiger partial charge in [-0.05, 0) is 33.6 Å². The van der Waals surface area contributed by atoms with Crippen molar-refractivity contribution < 1.29 is 9.53 Å². The van der Waals surface area contributed by atoms with E-state index in [0.29, 0.717) is 6.54 Å². The zero-order valence-electron chi connectivity index (χ0n) is 10.6. The van der Waals surface area contributed by atoms with Crippen LogP contribution in [0.4, 0.5) is 4.79 Å². The maximum Gasteiger partial charge on any atom is 0.407 e. The number of carbonyl (C=O) groups excluding carboxylic acids is 1. The van der Waals surface area contributed by atoms with Crippen molar-refractivity contribution in [2.45, 2.75) is 64.0 Å². The zero-order chi connectivity index (χ0) is 12.2. The summed E-state index contributed by atoms with van der Waals surface area (Å²) in [4.78, 5) is 11.5. The van der Waals surface area contributed by atoms with Gasteiger partial charge >= 0.3 is 6.09 Å². The maximum atomic E-state index is 11.5. The lowest BCUT2D eigenvalue weighted by atomic mass is 9.82. The monoisotopic (exact) mass is 228 g/mol. The third-order valence-corrected chi connectivity index (χ3v) is 2.83.